The summed E-state index contributed by atoms with van der Waals surface area (Å²) >= 11 is 0. The monoisotopic (exact) mass is 353 g/mol. The van der Waals surface area contributed by atoms with E-state index in [1.165, 1.54) is 6.92 Å². The maximum atomic E-state index is 11.4. The largest absolute Gasteiger partial charge is 0.497 e. The molecule has 0 aliphatic rings. The van der Waals surface area contributed by atoms with Gasteiger partial charge in [-0.25, -0.2) is 4.98 Å². The average molecular weight is 353 g/mol. The minimum atomic E-state index is -0.180. The van der Waals surface area contributed by atoms with Gasteiger partial charge in [-0.1, -0.05) is 12.1 Å². The van der Waals surface area contributed by atoms with Crippen LogP contribution >= 0.6 is 0 Å². The molecule has 1 N–H and O–H groups in total. The Labute approximate surface area is 152 Å². The lowest BCUT2D eigenvalue weighted by atomic mass is 10.3. The minimum absolute atomic E-state index is 0.0782. The van der Waals surface area contributed by atoms with Gasteiger partial charge in [0, 0.05) is 6.92 Å². The normalized spacial score (nSPS) is 12.0. The third-order valence-corrected chi connectivity index (χ3v) is 4.13. The lowest BCUT2D eigenvalue weighted by Crippen LogP contribution is -2.27. The molecule has 0 aliphatic carbocycles. The van der Waals surface area contributed by atoms with Gasteiger partial charge in [-0.3, -0.25) is 4.79 Å². The van der Waals surface area contributed by atoms with E-state index in [0.29, 0.717) is 13.2 Å². The number of aromatic nitrogens is 2. The van der Waals surface area contributed by atoms with Crippen molar-refractivity contribution in [2.75, 3.05) is 13.7 Å². The zero-order chi connectivity index (χ0) is 18.5. The van der Waals surface area contributed by atoms with Crippen LogP contribution in [-0.2, 0) is 11.3 Å². The summed E-state index contributed by atoms with van der Waals surface area (Å²) in [6.07, 6.45) is 0. The first kappa shape index (κ1) is 17.8. The molecule has 0 bridgehead atoms. The van der Waals surface area contributed by atoms with Gasteiger partial charge in [0.15, 0.2) is 0 Å². The first-order chi connectivity index (χ1) is 12.6. The molecule has 1 unspecified atom stereocenters. The van der Waals surface area contributed by atoms with E-state index >= 15 is 0 Å². The van der Waals surface area contributed by atoms with Gasteiger partial charge in [-0.2, -0.15) is 0 Å². The van der Waals surface area contributed by atoms with Crippen molar-refractivity contribution in [2.24, 2.45) is 0 Å². The van der Waals surface area contributed by atoms with Crippen molar-refractivity contribution in [3.63, 3.8) is 0 Å². The van der Waals surface area contributed by atoms with Crippen molar-refractivity contribution < 1.29 is 14.3 Å². The maximum Gasteiger partial charge on any atom is 0.217 e. The first-order valence-electron chi connectivity index (χ1n) is 8.57. The number of rotatable bonds is 7. The average Bonchev–Trinajstić information content (AvgIpc) is 3.01. The summed E-state index contributed by atoms with van der Waals surface area (Å²) < 4.78 is 13.1. The Morgan fingerprint density at radius 2 is 1.85 bits per heavy atom. The molecule has 2 aromatic carbocycles. The van der Waals surface area contributed by atoms with Gasteiger partial charge in [0.2, 0.25) is 5.91 Å². The number of hydrogen-bond donors (Lipinski definition) is 1. The number of hydrogen-bond acceptors (Lipinski definition) is 4. The zero-order valence-electron chi connectivity index (χ0n) is 15.2. The third-order valence-electron chi connectivity index (χ3n) is 4.13. The molecular formula is C20H23N3O3. The Bertz CT molecular complexity index is 887. The van der Waals surface area contributed by atoms with Gasteiger partial charge in [-0.05, 0) is 43.3 Å². The molecule has 1 amide bonds. The molecule has 0 aliphatic heterocycles. The minimum Gasteiger partial charge on any atom is -0.497 e. The molecule has 0 spiro atoms. The van der Waals surface area contributed by atoms with E-state index in [9.17, 15) is 4.79 Å². The number of ether oxygens (including phenoxy) is 2. The Balaban J connectivity index is 1.77. The fraction of sp³-hybridized carbons (Fsp3) is 0.300. The van der Waals surface area contributed by atoms with E-state index in [1.54, 1.807) is 7.11 Å². The quantitative estimate of drug-likeness (QED) is 0.708. The summed E-state index contributed by atoms with van der Waals surface area (Å²) in [5.74, 6) is 2.32. The number of para-hydroxylation sites is 2. The van der Waals surface area contributed by atoms with Gasteiger partial charge in [0.05, 0.1) is 30.7 Å². The topological polar surface area (TPSA) is 65.4 Å². The fourth-order valence-corrected chi connectivity index (χ4v) is 2.96. The number of fused-ring (bicyclic) bond motifs is 1. The number of amides is 1. The lowest BCUT2D eigenvalue weighted by molar-refractivity contribution is -0.119. The number of methoxy groups -OCH3 is 1. The van der Waals surface area contributed by atoms with E-state index in [1.807, 2.05) is 55.5 Å². The second-order valence-corrected chi connectivity index (χ2v) is 6.06. The van der Waals surface area contributed by atoms with Crippen LogP contribution in [0.1, 0.15) is 25.7 Å². The molecule has 3 aromatic rings. The van der Waals surface area contributed by atoms with Crippen LogP contribution in [-0.4, -0.2) is 29.2 Å². The smallest absolute Gasteiger partial charge is 0.217 e. The Morgan fingerprint density at radius 3 is 2.54 bits per heavy atom. The van der Waals surface area contributed by atoms with E-state index in [-0.39, 0.29) is 11.9 Å². The number of imidazole rings is 1. The molecule has 0 radical (unpaired) electrons. The summed E-state index contributed by atoms with van der Waals surface area (Å²) in [4.78, 5) is 16.1. The number of nitrogens with zero attached hydrogens (tertiary/aromatic N) is 2. The van der Waals surface area contributed by atoms with Gasteiger partial charge in [0.25, 0.3) is 0 Å². The molecule has 136 valence electrons. The van der Waals surface area contributed by atoms with E-state index < -0.39 is 0 Å². The molecule has 1 heterocycles. The SMILES string of the molecule is COc1ccc(OCCn2c(C(C)NC(C)=O)nc3ccccc32)cc1. The number of carbonyl (C=O) groups is 1. The molecule has 0 fully saturated rings. The van der Waals surface area contributed by atoms with E-state index in [0.717, 1.165) is 28.4 Å². The van der Waals surface area contributed by atoms with Crippen LogP contribution in [0, 0.1) is 0 Å². The van der Waals surface area contributed by atoms with Gasteiger partial charge < -0.3 is 19.4 Å². The van der Waals surface area contributed by atoms with Crippen LogP contribution < -0.4 is 14.8 Å². The fourth-order valence-electron chi connectivity index (χ4n) is 2.96. The van der Waals surface area contributed by atoms with Crippen LogP contribution in [0.4, 0.5) is 0 Å². The summed E-state index contributed by atoms with van der Waals surface area (Å²) in [5.41, 5.74) is 1.93. The second kappa shape index (κ2) is 7.91. The number of benzene rings is 2. The molecule has 3 rings (SSSR count). The highest BCUT2D eigenvalue weighted by Crippen LogP contribution is 2.21. The first-order valence-corrected chi connectivity index (χ1v) is 8.57. The van der Waals surface area contributed by atoms with Crippen molar-refractivity contribution in [3.8, 4) is 11.5 Å². The molecule has 1 atom stereocenters. The zero-order valence-corrected chi connectivity index (χ0v) is 15.2. The maximum absolute atomic E-state index is 11.4. The number of carbonyl (C=O) groups excluding carboxylic acids is 1. The van der Waals surface area contributed by atoms with E-state index in [2.05, 4.69) is 9.88 Å². The van der Waals surface area contributed by atoms with Crippen LogP contribution in [0.5, 0.6) is 11.5 Å². The van der Waals surface area contributed by atoms with Crippen LogP contribution in [0.15, 0.2) is 48.5 Å². The highest BCUT2D eigenvalue weighted by molar-refractivity contribution is 5.77. The lowest BCUT2D eigenvalue weighted by Gasteiger charge is -2.16. The van der Waals surface area contributed by atoms with Crippen LogP contribution in [0.3, 0.4) is 0 Å². The standard InChI is InChI=1S/C20H23N3O3/c1-14(21-15(2)24)20-22-18-6-4-5-7-19(18)23(20)12-13-26-17-10-8-16(25-3)9-11-17/h4-11,14H,12-13H2,1-3H3,(H,21,24). The highest BCUT2D eigenvalue weighted by Gasteiger charge is 2.17. The van der Waals surface area contributed by atoms with Crippen molar-refractivity contribution in [1.82, 2.24) is 14.9 Å². The van der Waals surface area contributed by atoms with Crippen molar-refractivity contribution in [3.05, 3.63) is 54.4 Å². The predicted molar refractivity (Wildman–Crippen MR) is 100 cm³/mol. The van der Waals surface area contributed by atoms with Crippen molar-refractivity contribution in [1.29, 1.82) is 0 Å². The van der Waals surface area contributed by atoms with Gasteiger partial charge >= 0.3 is 0 Å². The Hall–Kier alpha value is -3.02. The van der Waals surface area contributed by atoms with Crippen molar-refractivity contribution in [2.45, 2.75) is 26.4 Å². The number of nitrogens with one attached hydrogen (secondary N) is 1. The molecule has 6 heteroatoms. The van der Waals surface area contributed by atoms with Gasteiger partial charge in [-0.15, -0.1) is 0 Å². The highest BCUT2D eigenvalue weighted by atomic mass is 16.5. The molecular weight excluding hydrogens is 330 g/mol. The predicted octanol–water partition coefficient (Wildman–Crippen LogP) is 3.32. The molecule has 1 aromatic heterocycles. The second-order valence-electron chi connectivity index (χ2n) is 6.06. The summed E-state index contributed by atoms with van der Waals surface area (Å²) in [6.45, 7) is 4.57. The molecule has 26 heavy (non-hydrogen) atoms. The van der Waals surface area contributed by atoms with Gasteiger partial charge in [0.1, 0.15) is 23.9 Å². The third kappa shape index (κ3) is 3.96. The molecule has 6 nitrogen and oxygen atoms in total. The van der Waals surface area contributed by atoms with Crippen LogP contribution in [0.25, 0.3) is 11.0 Å². The summed E-state index contributed by atoms with van der Waals surface area (Å²) in [5, 5.41) is 2.90. The summed E-state index contributed by atoms with van der Waals surface area (Å²) in [7, 11) is 1.64. The summed E-state index contributed by atoms with van der Waals surface area (Å²) in [6, 6.07) is 15.3. The Morgan fingerprint density at radius 1 is 1.15 bits per heavy atom. The molecule has 0 saturated carbocycles. The molecule has 0 saturated heterocycles. The van der Waals surface area contributed by atoms with Crippen molar-refractivity contribution >= 4 is 16.9 Å². The Kier molecular flexibility index (Phi) is 5.41. The van der Waals surface area contributed by atoms with Crippen LogP contribution in [0.2, 0.25) is 0 Å². The van der Waals surface area contributed by atoms with E-state index in [4.69, 9.17) is 14.5 Å².